The zero-order valence-corrected chi connectivity index (χ0v) is 21.6. The normalized spacial score (nSPS) is 13.8. The summed E-state index contributed by atoms with van der Waals surface area (Å²) < 4.78 is 60.1. The van der Waals surface area contributed by atoms with Gasteiger partial charge in [-0.25, -0.2) is 13.4 Å². The van der Waals surface area contributed by atoms with Crippen molar-refractivity contribution in [3.8, 4) is 22.8 Å². The zero-order valence-electron chi connectivity index (χ0n) is 20.0. The molecule has 0 bridgehead atoms. The molecule has 3 aromatic carbocycles. The molecule has 5 rings (SSSR count). The Hall–Kier alpha value is -3.50. The fraction of sp³-hybridized carbons (Fsp3) is 0.259. The topological polar surface area (TPSA) is 98.5 Å². The van der Waals surface area contributed by atoms with Crippen LogP contribution in [0.3, 0.4) is 0 Å². The van der Waals surface area contributed by atoms with Gasteiger partial charge < -0.3 is 9.84 Å². The first-order valence-electron chi connectivity index (χ1n) is 11.9. The largest absolute Gasteiger partial charge is 0.481 e. The van der Waals surface area contributed by atoms with E-state index in [0.717, 1.165) is 12.8 Å². The lowest BCUT2D eigenvalue weighted by Crippen LogP contribution is -2.13. The summed E-state index contributed by atoms with van der Waals surface area (Å²) >= 11 is 6.84. The number of nitrogens with zero attached hydrogens (tertiary/aromatic N) is 2. The number of benzene rings is 3. The molecule has 0 radical (unpaired) electrons. The molecule has 1 aliphatic carbocycles. The Labute approximate surface area is 222 Å². The molecule has 38 heavy (non-hydrogen) atoms. The fourth-order valence-corrected chi connectivity index (χ4v) is 6.78. The van der Waals surface area contributed by atoms with Gasteiger partial charge in [0.25, 0.3) is 0 Å². The molecule has 4 aromatic rings. The Bertz CT molecular complexity index is 1630. The molecular weight excluding hydrogens is 538 g/mol. The van der Waals surface area contributed by atoms with Gasteiger partial charge in [0, 0.05) is 6.42 Å². The first-order valence-corrected chi connectivity index (χ1v) is 14.0. The number of sulfone groups is 1. The SMILES string of the molecule is O=C(O)CCc1ccc(S(=O)(=O)CC2CC2)c(-c2nc3ccccc3n2-c2ccccc2OC(F)F)c1Cl. The Kier molecular flexibility index (Phi) is 7.11. The second-order valence-corrected chi connectivity index (χ2v) is 11.5. The quantitative estimate of drug-likeness (QED) is 0.250. The number of aryl methyl sites for hydroxylation is 1. The zero-order chi connectivity index (χ0) is 27.0. The summed E-state index contributed by atoms with van der Waals surface area (Å²) in [5, 5.41) is 9.25. The molecule has 0 aliphatic heterocycles. The number of aliphatic carboxylic acids is 1. The molecule has 0 saturated heterocycles. The summed E-state index contributed by atoms with van der Waals surface area (Å²) in [6.45, 7) is -3.09. The molecule has 1 saturated carbocycles. The summed E-state index contributed by atoms with van der Waals surface area (Å²) in [7, 11) is -3.82. The van der Waals surface area contributed by atoms with Crippen LogP contribution in [0.15, 0.2) is 65.6 Å². The molecule has 1 aliphatic rings. The van der Waals surface area contributed by atoms with Crippen LogP contribution < -0.4 is 4.74 Å². The van der Waals surface area contributed by atoms with Gasteiger partial charge in [0.05, 0.1) is 38.0 Å². The van der Waals surface area contributed by atoms with Crippen LogP contribution in [0.4, 0.5) is 8.78 Å². The highest BCUT2D eigenvalue weighted by molar-refractivity contribution is 7.91. The lowest BCUT2D eigenvalue weighted by Gasteiger charge is -2.18. The predicted octanol–water partition coefficient (Wildman–Crippen LogP) is 6.15. The molecule has 11 heteroatoms. The van der Waals surface area contributed by atoms with E-state index in [-0.39, 0.29) is 57.3 Å². The van der Waals surface area contributed by atoms with Gasteiger partial charge in [0.2, 0.25) is 0 Å². The first-order chi connectivity index (χ1) is 18.2. The van der Waals surface area contributed by atoms with Gasteiger partial charge in [-0.15, -0.1) is 0 Å². The van der Waals surface area contributed by atoms with E-state index >= 15 is 0 Å². The van der Waals surface area contributed by atoms with E-state index in [1.807, 2.05) is 0 Å². The van der Waals surface area contributed by atoms with Gasteiger partial charge in [0.15, 0.2) is 9.84 Å². The van der Waals surface area contributed by atoms with Crippen molar-refractivity contribution in [2.45, 2.75) is 37.2 Å². The molecule has 0 amide bonds. The third-order valence-electron chi connectivity index (χ3n) is 6.39. The summed E-state index contributed by atoms with van der Waals surface area (Å²) in [6.07, 6.45) is 1.48. The Morgan fingerprint density at radius 3 is 2.53 bits per heavy atom. The van der Waals surface area contributed by atoms with Crippen molar-refractivity contribution in [3.63, 3.8) is 0 Å². The van der Waals surface area contributed by atoms with E-state index in [1.165, 1.54) is 18.2 Å². The van der Waals surface area contributed by atoms with Crippen LogP contribution in [-0.4, -0.2) is 41.4 Å². The number of hydrogen-bond acceptors (Lipinski definition) is 5. The molecule has 7 nitrogen and oxygen atoms in total. The molecule has 1 aromatic heterocycles. The van der Waals surface area contributed by atoms with E-state index < -0.39 is 22.4 Å². The molecule has 1 N–H and O–H groups in total. The van der Waals surface area contributed by atoms with Crippen molar-refractivity contribution in [1.29, 1.82) is 0 Å². The number of imidazole rings is 1. The predicted molar refractivity (Wildman–Crippen MR) is 139 cm³/mol. The minimum absolute atomic E-state index is 0.0442. The number of halogens is 3. The number of rotatable bonds is 10. The van der Waals surface area contributed by atoms with E-state index in [4.69, 9.17) is 21.3 Å². The monoisotopic (exact) mass is 560 g/mol. The van der Waals surface area contributed by atoms with Gasteiger partial charge in [-0.2, -0.15) is 8.78 Å². The Morgan fingerprint density at radius 2 is 1.82 bits per heavy atom. The number of carboxylic acids is 1. The molecule has 0 spiro atoms. The van der Waals surface area contributed by atoms with E-state index in [1.54, 1.807) is 47.0 Å². The summed E-state index contributed by atoms with van der Waals surface area (Å²) in [4.78, 5) is 15.9. The molecule has 0 atom stereocenters. The van der Waals surface area contributed by atoms with Gasteiger partial charge in [-0.05, 0) is 61.1 Å². The second-order valence-electron chi connectivity index (χ2n) is 9.14. The average molecular weight is 561 g/mol. The van der Waals surface area contributed by atoms with Crippen molar-refractivity contribution in [1.82, 2.24) is 9.55 Å². The molecule has 0 unspecified atom stereocenters. The van der Waals surface area contributed by atoms with Crippen LogP contribution in [0.2, 0.25) is 5.02 Å². The van der Waals surface area contributed by atoms with Crippen molar-refractivity contribution >= 4 is 38.4 Å². The maximum absolute atomic E-state index is 13.6. The first kappa shape index (κ1) is 26.1. The van der Waals surface area contributed by atoms with Crippen molar-refractivity contribution < 1.29 is 31.8 Å². The van der Waals surface area contributed by atoms with Crippen molar-refractivity contribution in [2.24, 2.45) is 5.92 Å². The van der Waals surface area contributed by atoms with Crippen molar-refractivity contribution in [2.75, 3.05) is 5.75 Å². The van der Waals surface area contributed by atoms with Crippen LogP contribution in [0.1, 0.15) is 24.8 Å². The van der Waals surface area contributed by atoms with Crippen molar-refractivity contribution in [3.05, 3.63) is 71.2 Å². The smallest absolute Gasteiger partial charge is 0.387 e. The summed E-state index contributed by atoms with van der Waals surface area (Å²) in [5.41, 5.74) is 1.75. The van der Waals surface area contributed by atoms with Gasteiger partial charge >= 0.3 is 12.6 Å². The van der Waals surface area contributed by atoms with E-state index in [2.05, 4.69) is 0 Å². The number of hydrogen-bond donors (Lipinski definition) is 1. The van der Waals surface area contributed by atoms with E-state index in [9.17, 15) is 27.1 Å². The molecule has 1 fully saturated rings. The highest BCUT2D eigenvalue weighted by Gasteiger charge is 2.33. The number of alkyl halides is 2. The van der Waals surface area contributed by atoms with Crippen LogP contribution in [0, 0.1) is 5.92 Å². The number of fused-ring (bicyclic) bond motifs is 1. The fourth-order valence-electron chi connectivity index (χ4n) is 4.46. The van der Waals surface area contributed by atoms with Crippen LogP contribution in [0.25, 0.3) is 28.1 Å². The van der Waals surface area contributed by atoms with E-state index in [0.29, 0.717) is 16.6 Å². The van der Waals surface area contributed by atoms with Crippen LogP contribution >= 0.6 is 11.6 Å². The summed E-state index contributed by atoms with van der Waals surface area (Å²) in [5.74, 6) is -1.05. The Balaban J connectivity index is 1.82. The highest BCUT2D eigenvalue weighted by Crippen LogP contribution is 2.42. The summed E-state index contributed by atoms with van der Waals surface area (Å²) in [6, 6.07) is 16.0. The maximum Gasteiger partial charge on any atom is 0.387 e. The molecule has 198 valence electrons. The number of ether oxygens (including phenoxy) is 1. The Morgan fingerprint density at radius 1 is 1.11 bits per heavy atom. The minimum atomic E-state index is -3.82. The second kappa shape index (κ2) is 10.3. The van der Waals surface area contributed by atoms with Gasteiger partial charge in [-0.3, -0.25) is 9.36 Å². The number of carbonyl (C=O) groups is 1. The molecular formula is C27H23ClF2N2O5S. The number of para-hydroxylation sites is 4. The number of carboxylic acid groups (broad SMARTS) is 1. The van der Waals surface area contributed by atoms with Gasteiger partial charge in [-0.1, -0.05) is 41.9 Å². The highest BCUT2D eigenvalue weighted by atomic mass is 35.5. The third-order valence-corrected chi connectivity index (χ3v) is 8.74. The lowest BCUT2D eigenvalue weighted by atomic mass is 10.1. The van der Waals surface area contributed by atoms with Crippen LogP contribution in [0.5, 0.6) is 5.75 Å². The number of aromatic nitrogens is 2. The van der Waals surface area contributed by atoms with Gasteiger partial charge in [0.1, 0.15) is 11.6 Å². The lowest BCUT2D eigenvalue weighted by molar-refractivity contribution is -0.136. The minimum Gasteiger partial charge on any atom is -0.481 e. The van der Waals surface area contributed by atoms with Crippen LogP contribution in [-0.2, 0) is 21.1 Å². The molecule has 1 heterocycles. The third kappa shape index (κ3) is 5.23. The maximum atomic E-state index is 13.6. The standard InChI is InChI=1S/C27H23ClF2N2O5S/c28-25-17(12-14-23(33)34)11-13-22(38(35,36)15-16-9-10-16)24(25)26-31-18-5-1-2-6-19(18)32(26)20-7-3-4-8-21(20)37-27(29)30/h1-8,11,13,16,27H,9-10,12,14-15H2,(H,33,34). The average Bonchev–Trinajstić information content (AvgIpc) is 3.59.